The van der Waals surface area contributed by atoms with Gasteiger partial charge in [-0.2, -0.15) is 9.36 Å². The summed E-state index contributed by atoms with van der Waals surface area (Å²) in [7, 11) is 0. The third-order valence-electron chi connectivity index (χ3n) is 2.05. The Balaban J connectivity index is 1.94. The second kappa shape index (κ2) is 5.32. The second-order valence-electron chi connectivity index (χ2n) is 3.32. The van der Waals surface area contributed by atoms with E-state index < -0.39 is 0 Å². The zero-order valence-electron chi connectivity index (χ0n) is 9.14. The fraction of sp³-hybridized carbons (Fsp3) is 0.273. The largest absolute Gasteiger partial charge is 0.464 e. The predicted molar refractivity (Wildman–Crippen MR) is 67.2 cm³/mol. The second-order valence-corrected chi connectivity index (χ2v) is 4.81. The summed E-state index contributed by atoms with van der Waals surface area (Å²) in [4.78, 5) is 4.21. The molecule has 5 heteroatoms. The molecule has 0 N–H and O–H groups in total. The van der Waals surface area contributed by atoms with Crippen LogP contribution in [0, 0.1) is 6.92 Å². The smallest absolute Gasteiger partial charge is 0.294 e. The topological polar surface area (TPSA) is 35.0 Å². The number of ether oxygens (including phenoxy) is 1. The first-order valence-electron chi connectivity index (χ1n) is 4.84. The minimum Gasteiger partial charge on any atom is -0.464 e. The van der Waals surface area contributed by atoms with Gasteiger partial charge in [0.15, 0.2) is 0 Å². The molecule has 0 aliphatic heterocycles. The van der Waals surface area contributed by atoms with Crippen molar-refractivity contribution in [3.05, 3.63) is 35.4 Å². The van der Waals surface area contributed by atoms with Crippen molar-refractivity contribution in [1.29, 1.82) is 0 Å². The third-order valence-corrected chi connectivity index (χ3v) is 3.35. The fourth-order valence-electron chi connectivity index (χ4n) is 1.17. The monoisotopic (exact) mass is 252 g/mol. The SMILES string of the molecule is CSc1nsc(OCc2ccc(C)cc2)n1. The standard InChI is InChI=1S/C11H12N2OS2/c1-8-3-5-9(6-4-8)7-14-11-12-10(15-2)13-16-11/h3-6H,7H2,1-2H3. The Bertz CT molecular complexity index is 453. The van der Waals surface area contributed by atoms with Crippen LogP contribution in [0.4, 0.5) is 0 Å². The van der Waals surface area contributed by atoms with Crippen LogP contribution >= 0.6 is 23.3 Å². The fourth-order valence-corrected chi connectivity index (χ4v) is 2.25. The molecule has 0 spiro atoms. The normalized spacial score (nSPS) is 10.4. The highest BCUT2D eigenvalue weighted by Gasteiger charge is 2.03. The Morgan fingerprint density at radius 3 is 2.69 bits per heavy atom. The van der Waals surface area contributed by atoms with Crippen molar-refractivity contribution in [2.24, 2.45) is 0 Å². The van der Waals surface area contributed by atoms with Gasteiger partial charge in [0, 0.05) is 11.5 Å². The molecular weight excluding hydrogens is 240 g/mol. The lowest BCUT2D eigenvalue weighted by Gasteiger charge is -2.01. The molecule has 0 aliphatic rings. The summed E-state index contributed by atoms with van der Waals surface area (Å²) in [5.41, 5.74) is 2.40. The molecule has 0 bridgehead atoms. The molecule has 1 heterocycles. The molecule has 0 amide bonds. The van der Waals surface area contributed by atoms with Gasteiger partial charge in [0.05, 0.1) is 0 Å². The lowest BCUT2D eigenvalue weighted by molar-refractivity contribution is 0.303. The van der Waals surface area contributed by atoms with Crippen LogP contribution in [-0.2, 0) is 6.61 Å². The first kappa shape index (κ1) is 11.4. The van der Waals surface area contributed by atoms with Gasteiger partial charge in [0.25, 0.3) is 5.19 Å². The van der Waals surface area contributed by atoms with E-state index in [1.54, 1.807) is 0 Å². The van der Waals surface area contributed by atoms with E-state index in [1.807, 2.05) is 6.26 Å². The van der Waals surface area contributed by atoms with Crippen molar-refractivity contribution in [2.75, 3.05) is 6.26 Å². The van der Waals surface area contributed by atoms with Crippen molar-refractivity contribution in [2.45, 2.75) is 18.7 Å². The Kier molecular flexibility index (Phi) is 3.79. The average Bonchev–Trinajstić information content (AvgIpc) is 2.76. The lowest BCUT2D eigenvalue weighted by Crippen LogP contribution is -1.94. The van der Waals surface area contributed by atoms with Gasteiger partial charge in [-0.1, -0.05) is 41.6 Å². The van der Waals surface area contributed by atoms with Gasteiger partial charge in [0.2, 0.25) is 5.16 Å². The summed E-state index contributed by atoms with van der Waals surface area (Å²) in [6.07, 6.45) is 1.95. The quantitative estimate of drug-likeness (QED) is 0.783. The van der Waals surface area contributed by atoms with E-state index in [1.165, 1.54) is 28.9 Å². The van der Waals surface area contributed by atoms with E-state index >= 15 is 0 Å². The molecule has 2 aromatic rings. The predicted octanol–water partition coefficient (Wildman–Crippen LogP) is 3.15. The van der Waals surface area contributed by atoms with E-state index in [2.05, 4.69) is 40.5 Å². The molecule has 0 aliphatic carbocycles. The average molecular weight is 252 g/mol. The summed E-state index contributed by atoms with van der Waals surface area (Å²) in [6, 6.07) is 8.27. The molecule has 2 rings (SSSR count). The van der Waals surface area contributed by atoms with Crippen molar-refractivity contribution < 1.29 is 4.74 Å². The highest BCUT2D eigenvalue weighted by Crippen LogP contribution is 2.20. The van der Waals surface area contributed by atoms with E-state index in [4.69, 9.17) is 4.74 Å². The maximum Gasteiger partial charge on any atom is 0.294 e. The molecule has 0 radical (unpaired) electrons. The summed E-state index contributed by atoms with van der Waals surface area (Å²) in [5, 5.41) is 1.40. The van der Waals surface area contributed by atoms with Crippen LogP contribution in [0.5, 0.6) is 5.19 Å². The Morgan fingerprint density at radius 2 is 2.06 bits per heavy atom. The number of aryl methyl sites for hydroxylation is 1. The van der Waals surface area contributed by atoms with Gasteiger partial charge >= 0.3 is 0 Å². The molecule has 0 saturated heterocycles. The van der Waals surface area contributed by atoms with Gasteiger partial charge < -0.3 is 4.74 Å². The molecule has 3 nitrogen and oxygen atoms in total. The molecule has 0 unspecified atom stereocenters. The number of nitrogens with zero attached hydrogens (tertiary/aromatic N) is 2. The number of rotatable bonds is 4. The first-order valence-corrected chi connectivity index (χ1v) is 6.84. The highest BCUT2D eigenvalue weighted by molar-refractivity contribution is 7.98. The Hall–Kier alpha value is -1.07. The van der Waals surface area contributed by atoms with Crippen LogP contribution in [0.2, 0.25) is 0 Å². The molecule has 0 saturated carbocycles. The molecular formula is C11H12N2OS2. The van der Waals surface area contributed by atoms with Crippen molar-refractivity contribution in [1.82, 2.24) is 9.36 Å². The van der Waals surface area contributed by atoms with Gasteiger partial charge in [-0.15, -0.1) is 0 Å². The zero-order chi connectivity index (χ0) is 11.4. The lowest BCUT2D eigenvalue weighted by atomic mass is 10.2. The van der Waals surface area contributed by atoms with Crippen molar-refractivity contribution in [3.8, 4) is 5.19 Å². The number of thioether (sulfide) groups is 1. The molecule has 16 heavy (non-hydrogen) atoms. The van der Waals surface area contributed by atoms with Gasteiger partial charge in [-0.25, -0.2) is 0 Å². The number of benzene rings is 1. The Morgan fingerprint density at radius 1 is 1.31 bits per heavy atom. The first-order chi connectivity index (χ1) is 7.78. The van der Waals surface area contributed by atoms with Gasteiger partial charge in [-0.05, 0) is 18.7 Å². The van der Waals surface area contributed by atoms with Crippen LogP contribution in [0.1, 0.15) is 11.1 Å². The molecule has 84 valence electrons. The van der Waals surface area contributed by atoms with Crippen molar-refractivity contribution >= 4 is 23.3 Å². The summed E-state index contributed by atoms with van der Waals surface area (Å²) in [5.74, 6) is 0. The van der Waals surface area contributed by atoms with E-state index in [0.29, 0.717) is 11.8 Å². The Labute approximate surface area is 103 Å². The van der Waals surface area contributed by atoms with E-state index in [9.17, 15) is 0 Å². The molecule has 0 atom stereocenters. The van der Waals surface area contributed by atoms with Crippen LogP contribution in [0.3, 0.4) is 0 Å². The van der Waals surface area contributed by atoms with Crippen LogP contribution in [0.15, 0.2) is 29.4 Å². The number of hydrogen-bond acceptors (Lipinski definition) is 5. The minimum absolute atomic E-state index is 0.545. The summed E-state index contributed by atoms with van der Waals surface area (Å²) >= 11 is 2.81. The van der Waals surface area contributed by atoms with E-state index in [0.717, 1.165) is 10.7 Å². The zero-order valence-corrected chi connectivity index (χ0v) is 10.8. The number of hydrogen-bond donors (Lipinski definition) is 0. The maximum atomic E-state index is 5.55. The number of aromatic nitrogens is 2. The highest BCUT2D eigenvalue weighted by atomic mass is 32.2. The van der Waals surface area contributed by atoms with Crippen molar-refractivity contribution in [3.63, 3.8) is 0 Å². The minimum atomic E-state index is 0.545. The molecule has 1 aromatic carbocycles. The summed E-state index contributed by atoms with van der Waals surface area (Å²) < 4.78 is 9.68. The third kappa shape index (κ3) is 2.96. The van der Waals surface area contributed by atoms with Crippen LogP contribution in [-0.4, -0.2) is 15.6 Å². The van der Waals surface area contributed by atoms with Gasteiger partial charge in [0.1, 0.15) is 6.61 Å². The molecule has 0 fully saturated rings. The van der Waals surface area contributed by atoms with E-state index in [-0.39, 0.29) is 0 Å². The van der Waals surface area contributed by atoms with Crippen LogP contribution < -0.4 is 4.74 Å². The van der Waals surface area contributed by atoms with Crippen LogP contribution in [0.25, 0.3) is 0 Å². The molecule has 1 aromatic heterocycles. The summed E-state index contributed by atoms with van der Waals surface area (Å²) in [6.45, 7) is 2.61. The van der Waals surface area contributed by atoms with Gasteiger partial charge in [-0.3, -0.25) is 0 Å². The maximum absolute atomic E-state index is 5.55.